The van der Waals surface area contributed by atoms with Gasteiger partial charge in [-0.25, -0.2) is 19.0 Å². The van der Waals surface area contributed by atoms with E-state index in [1.807, 2.05) is 20.8 Å². The molecule has 4 amide bonds. The molecule has 0 spiro atoms. The molecule has 12 heteroatoms. The number of β-amino-alcohol motifs (C(OH)–C–C–N with tert-alkyl or cyclic N) is 1. The average molecular weight is 498 g/mol. The molecular weight excluding hydrogens is 469 g/mol. The predicted octanol–water partition coefficient (Wildman–Crippen LogP) is 4.13. The molecule has 0 atom stereocenters. The fourth-order valence-corrected chi connectivity index (χ4v) is 3.72. The van der Waals surface area contributed by atoms with Gasteiger partial charge in [-0.1, -0.05) is 25.9 Å². The number of anilines is 5. The number of carbonyl (C=O) groups excluding carboxylic acids is 2. The summed E-state index contributed by atoms with van der Waals surface area (Å²) in [6.45, 7) is 5.86. The number of benzene rings is 1. The molecule has 0 saturated heterocycles. The maximum atomic E-state index is 14.6. The Labute approximate surface area is 207 Å². The first-order chi connectivity index (χ1) is 17.1. The molecule has 0 unspecified atom stereocenters. The van der Waals surface area contributed by atoms with E-state index >= 15 is 0 Å². The minimum atomic E-state index is -0.733. The number of halogens is 1. The fourth-order valence-electron chi connectivity index (χ4n) is 3.72. The lowest BCUT2D eigenvalue weighted by atomic mass is 9.92. The Bertz CT molecular complexity index is 1290. The number of aliphatic hydroxyl groups excluding tert-OH is 1. The topological polar surface area (TPSA) is 136 Å². The van der Waals surface area contributed by atoms with Crippen molar-refractivity contribution in [2.45, 2.75) is 32.7 Å². The van der Waals surface area contributed by atoms with Crippen LogP contribution in [-0.2, 0) is 12.0 Å². The van der Waals surface area contributed by atoms with Crippen molar-refractivity contribution in [2.24, 2.45) is 0 Å². The molecule has 0 fully saturated rings. The molecule has 1 aliphatic heterocycles. The van der Waals surface area contributed by atoms with E-state index in [-0.39, 0.29) is 36.7 Å². The van der Waals surface area contributed by atoms with Crippen LogP contribution in [0.4, 0.5) is 42.7 Å². The summed E-state index contributed by atoms with van der Waals surface area (Å²) in [5.74, 6) is 0.0164. The molecule has 2 aromatic heterocycles. The Kier molecular flexibility index (Phi) is 6.80. The second-order valence-electron chi connectivity index (χ2n) is 9.26. The molecule has 1 aromatic carbocycles. The van der Waals surface area contributed by atoms with E-state index in [0.29, 0.717) is 22.9 Å². The van der Waals surface area contributed by atoms with Crippen molar-refractivity contribution in [2.75, 3.05) is 45.9 Å². The molecule has 0 radical (unpaired) electrons. The first kappa shape index (κ1) is 24.9. The van der Waals surface area contributed by atoms with Crippen LogP contribution in [-0.4, -0.2) is 47.5 Å². The van der Waals surface area contributed by atoms with E-state index < -0.39 is 17.9 Å². The molecule has 0 aliphatic carbocycles. The molecule has 3 aromatic rings. The van der Waals surface area contributed by atoms with Crippen molar-refractivity contribution in [3.8, 4) is 0 Å². The van der Waals surface area contributed by atoms with Crippen LogP contribution in [0.2, 0.25) is 0 Å². The monoisotopic (exact) mass is 497 g/mol. The number of pyridine rings is 1. The van der Waals surface area contributed by atoms with Crippen molar-refractivity contribution < 1.29 is 23.6 Å². The Morgan fingerprint density at radius 3 is 2.67 bits per heavy atom. The van der Waals surface area contributed by atoms with E-state index in [4.69, 9.17) is 4.52 Å². The Hall–Kier alpha value is -4.19. The van der Waals surface area contributed by atoms with Gasteiger partial charge in [0.05, 0.1) is 36.8 Å². The van der Waals surface area contributed by atoms with Crippen molar-refractivity contribution in [3.63, 3.8) is 0 Å². The number of carbonyl (C=O) groups is 2. The van der Waals surface area contributed by atoms with Gasteiger partial charge in [0.15, 0.2) is 0 Å². The largest absolute Gasteiger partial charge is 0.395 e. The van der Waals surface area contributed by atoms with E-state index in [2.05, 4.69) is 26.1 Å². The molecule has 0 saturated carbocycles. The zero-order valence-electron chi connectivity index (χ0n) is 20.4. The molecule has 3 heterocycles. The van der Waals surface area contributed by atoms with Gasteiger partial charge >= 0.3 is 12.1 Å². The number of urea groups is 2. The molecule has 11 nitrogen and oxygen atoms in total. The summed E-state index contributed by atoms with van der Waals surface area (Å²) >= 11 is 0. The Morgan fingerprint density at radius 1 is 1.22 bits per heavy atom. The van der Waals surface area contributed by atoms with Gasteiger partial charge in [0.2, 0.25) is 5.88 Å². The summed E-state index contributed by atoms with van der Waals surface area (Å²) in [4.78, 5) is 33.0. The second-order valence-corrected chi connectivity index (χ2v) is 9.26. The van der Waals surface area contributed by atoms with Crippen LogP contribution in [0.15, 0.2) is 41.1 Å². The summed E-state index contributed by atoms with van der Waals surface area (Å²) in [6.07, 6.45) is 1.64. The van der Waals surface area contributed by atoms with Crippen LogP contribution < -0.4 is 25.8 Å². The van der Waals surface area contributed by atoms with Gasteiger partial charge in [-0.05, 0) is 18.2 Å². The number of aromatic nitrogens is 2. The minimum Gasteiger partial charge on any atom is -0.395 e. The Morgan fingerprint density at radius 2 is 2.00 bits per heavy atom. The van der Waals surface area contributed by atoms with Gasteiger partial charge < -0.3 is 20.3 Å². The van der Waals surface area contributed by atoms with Crippen molar-refractivity contribution in [1.29, 1.82) is 0 Å². The SMILES string of the molecule is CNc1cc2c(cn1)CN(c1ccc(F)c(NC(=O)Nc3cc(C(C)(C)C)no3)c1)C(=O)N2CCO. The van der Waals surface area contributed by atoms with Gasteiger partial charge in [-0.15, -0.1) is 0 Å². The first-order valence-electron chi connectivity index (χ1n) is 11.3. The lowest BCUT2D eigenvalue weighted by molar-refractivity contribution is 0.245. The fraction of sp³-hybridized carbons (Fsp3) is 0.333. The first-order valence-corrected chi connectivity index (χ1v) is 11.3. The predicted molar refractivity (Wildman–Crippen MR) is 134 cm³/mol. The lowest BCUT2D eigenvalue weighted by Gasteiger charge is -2.37. The number of nitrogens with zero attached hydrogens (tertiary/aromatic N) is 4. The molecular formula is C24H28FN7O4. The summed E-state index contributed by atoms with van der Waals surface area (Å²) in [7, 11) is 1.72. The number of hydrogen-bond donors (Lipinski definition) is 4. The quantitative estimate of drug-likeness (QED) is 0.402. The average Bonchev–Trinajstić information content (AvgIpc) is 3.31. The number of amides is 4. The van der Waals surface area contributed by atoms with Gasteiger partial charge in [0.1, 0.15) is 11.6 Å². The zero-order valence-corrected chi connectivity index (χ0v) is 20.4. The third-order valence-electron chi connectivity index (χ3n) is 5.65. The van der Waals surface area contributed by atoms with Crippen LogP contribution in [0.25, 0.3) is 0 Å². The van der Waals surface area contributed by atoms with Gasteiger partial charge in [-0.2, -0.15) is 0 Å². The summed E-state index contributed by atoms with van der Waals surface area (Å²) < 4.78 is 19.7. The molecule has 0 bridgehead atoms. The van der Waals surface area contributed by atoms with E-state index in [1.54, 1.807) is 25.4 Å². The third-order valence-corrected chi connectivity index (χ3v) is 5.65. The highest BCUT2D eigenvalue weighted by Crippen LogP contribution is 2.34. The van der Waals surface area contributed by atoms with Crippen molar-refractivity contribution >= 4 is 40.8 Å². The summed E-state index contributed by atoms with van der Waals surface area (Å²) in [5, 5.41) is 21.3. The highest BCUT2D eigenvalue weighted by Gasteiger charge is 2.32. The maximum absolute atomic E-state index is 14.6. The highest BCUT2D eigenvalue weighted by atomic mass is 19.1. The van der Waals surface area contributed by atoms with E-state index in [1.165, 1.54) is 28.0 Å². The van der Waals surface area contributed by atoms with Crippen LogP contribution >= 0.6 is 0 Å². The number of aliphatic hydroxyl groups is 1. The normalized spacial score (nSPS) is 13.4. The molecule has 36 heavy (non-hydrogen) atoms. The minimum absolute atomic E-state index is 0.0674. The lowest BCUT2D eigenvalue weighted by Crippen LogP contribution is -2.48. The highest BCUT2D eigenvalue weighted by molar-refractivity contribution is 6.07. The zero-order chi connectivity index (χ0) is 26.0. The molecule has 4 rings (SSSR count). The summed E-state index contributed by atoms with van der Waals surface area (Å²) in [5.41, 5.74) is 1.99. The molecule has 4 N–H and O–H groups in total. The number of fused-ring (bicyclic) bond motifs is 1. The summed E-state index contributed by atoms with van der Waals surface area (Å²) in [6, 6.07) is 6.17. The van der Waals surface area contributed by atoms with E-state index in [9.17, 15) is 19.1 Å². The maximum Gasteiger partial charge on any atom is 0.329 e. The van der Waals surface area contributed by atoms with Crippen LogP contribution in [0.5, 0.6) is 0 Å². The van der Waals surface area contributed by atoms with Gasteiger partial charge in [0.25, 0.3) is 0 Å². The standard InChI is InChI=1S/C24H28FN7O4/c1-24(2,3)19-11-21(36-30-19)29-22(34)28-17-9-15(5-6-16(17)25)32-13-14-12-27-20(26-4)10-18(14)31(7-8-33)23(32)35/h5-6,9-12,33H,7-8,13H2,1-4H3,(H,26,27)(H2,28,29,34). The van der Waals surface area contributed by atoms with Crippen LogP contribution in [0.3, 0.4) is 0 Å². The number of nitrogens with one attached hydrogen (secondary N) is 3. The Balaban J connectivity index is 1.56. The third kappa shape index (κ3) is 5.08. The van der Waals surface area contributed by atoms with Gasteiger partial charge in [-0.3, -0.25) is 15.1 Å². The number of rotatable bonds is 6. The van der Waals surface area contributed by atoms with Crippen molar-refractivity contribution in [1.82, 2.24) is 10.1 Å². The molecule has 1 aliphatic rings. The smallest absolute Gasteiger partial charge is 0.329 e. The van der Waals surface area contributed by atoms with Crippen molar-refractivity contribution in [3.05, 3.63) is 53.6 Å². The number of hydrogen-bond acceptors (Lipinski definition) is 7. The van der Waals surface area contributed by atoms with Gasteiger partial charge in [0, 0.05) is 42.0 Å². The van der Waals surface area contributed by atoms with Crippen LogP contribution in [0, 0.1) is 5.82 Å². The van der Waals surface area contributed by atoms with Crippen LogP contribution in [0.1, 0.15) is 32.0 Å². The second kappa shape index (κ2) is 9.82. The van der Waals surface area contributed by atoms with E-state index in [0.717, 1.165) is 5.56 Å². The molecule has 190 valence electrons.